The Morgan fingerprint density at radius 2 is 1.91 bits per heavy atom. The molecular weight excluding hydrogens is 296 g/mol. The summed E-state index contributed by atoms with van der Waals surface area (Å²) in [6.07, 6.45) is 1.31. The van der Waals surface area contributed by atoms with Crippen molar-refractivity contribution in [2.24, 2.45) is 0 Å². The highest BCUT2D eigenvalue weighted by Crippen LogP contribution is 2.31. The Morgan fingerprint density at radius 1 is 1.18 bits per heavy atom. The fourth-order valence-electron chi connectivity index (χ4n) is 2.14. The van der Waals surface area contributed by atoms with E-state index >= 15 is 0 Å². The lowest BCUT2D eigenvalue weighted by Gasteiger charge is -2.18. The van der Waals surface area contributed by atoms with Crippen LogP contribution in [0.5, 0.6) is 5.75 Å². The molecule has 0 bridgehead atoms. The lowest BCUT2D eigenvalue weighted by atomic mass is 10.1. The van der Waals surface area contributed by atoms with E-state index in [0.29, 0.717) is 17.1 Å². The monoisotopic (exact) mass is 318 g/mol. The molecule has 0 amide bonds. The van der Waals surface area contributed by atoms with Crippen LogP contribution in [0.15, 0.2) is 58.3 Å². The van der Waals surface area contributed by atoms with Crippen molar-refractivity contribution in [1.82, 2.24) is 0 Å². The maximum absolute atomic E-state index is 12.9. The third-order valence-electron chi connectivity index (χ3n) is 3.44. The number of aliphatic hydroxyl groups is 1. The second-order valence-corrected chi connectivity index (χ2v) is 6.61. The van der Waals surface area contributed by atoms with Gasteiger partial charge in [0.05, 0.1) is 6.10 Å². The summed E-state index contributed by atoms with van der Waals surface area (Å²) in [7, 11) is 0. The van der Waals surface area contributed by atoms with E-state index in [9.17, 15) is 4.55 Å². The summed E-state index contributed by atoms with van der Waals surface area (Å²) in [5.74, 6) is 0.625. The first-order chi connectivity index (χ1) is 10.7. The predicted octanol–water partition coefficient (Wildman–Crippen LogP) is 3.57. The Bertz CT molecular complexity index is 586. The Morgan fingerprint density at radius 3 is 2.55 bits per heavy atom. The largest absolute Gasteiger partial charge is 0.606 e. The molecule has 0 aliphatic heterocycles. The summed E-state index contributed by atoms with van der Waals surface area (Å²) in [5.41, 5.74) is 1.13. The fourth-order valence-corrected chi connectivity index (χ4v) is 3.36. The molecular formula is C18H22O3S. The van der Waals surface area contributed by atoms with Crippen LogP contribution in [-0.2, 0) is 17.6 Å². The Balaban J connectivity index is 2.34. The van der Waals surface area contributed by atoms with Crippen LogP contribution in [0.25, 0.3) is 0 Å². The number of rotatable bonds is 7. The molecule has 3 nitrogen and oxygen atoms in total. The van der Waals surface area contributed by atoms with Gasteiger partial charge in [-0.3, -0.25) is 0 Å². The number of benzene rings is 2. The van der Waals surface area contributed by atoms with Gasteiger partial charge < -0.3 is 14.4 Å². The van der Waals surface area contributed by atoms with Gasteiger partial charge in [-0.05, 0) is 37.1 Å². The number of aryl methyl sites for hydroxylation is 1. The summed E-state index contributed by atoms with van der Waals surface area (Å²) in [4.78, 5) is 1.45. The second-order valence-electron chi connectivity index (χ2n) is 5.16. The molecule has 2 aromatic carbocycles. The summed E-state index contributed by atoms with van der Waals surface area (Å²) in [6, 6.07) is 15.2. The highest BCUT2D eigenvalue weighted by atomic mass is 32.2. The molecule has 0 fully saturated rings. The van der Waals surface area contributed by atoms with Gasteiger partial charge in [0, 0.05) is 30.3 Å². The first kappa shape index (κ1) is 16.9. The normalized spacial score (nSPS) is 13.6. The molecule has 0 radical (unpaired) electrons. The van der Waals surface area contributed by atoms with Gasteiger partial charge in [0.25, 0.3) is 0 Å². The standard InChI is InChI=1S/C18H22O3S/c1-3-15-9-10-17(21-14(2)11-12-19)18(13-15)22(20)16-7-5-4-6-8-16/h4-10,13-14,19H,3,11-12H2,1-2H3/t14-,22?/m0/s1. The van der Waals surface area contributed by atoms with Crippen LogP contribution >= 0.6 is 0 Å². The topological polar surface area (TPSA) is 52.5 Å². The first-order valence-corrected chi connectivity index (χ1v) is 8.68. The van der Waals surface area contributed by atoms with Crippen LogP contribution < -0.4 is 4.74 Å². The third-order valence-corrected chi connectivity index (χ3v) is 4.86. The Labute approximate surface area is 135 Å². The van der Waals surface area contributed by atoms with E-state index in [0.717, 1.165) is 16.9 Å². The molecule has 2 atom stereocenters. The van der Waals surface area contributed by atoms with Crippen molar-refractivity contribution in [2.45, 2.75) is 42.6 Å². The maximum Gasteiger partial charge on any atom is 0.200 e. The lowest BCUT2D eigenvalue weighted by molar-refractivity contribution is 0.165. The highest BCUT2D eigenvalue weighted by molar-refractivity contribution is 7.91. The number of hydrogen-bond acceptors (Lipinski definition) is 3. The maximum atomic E-state index is 12.9. The van der Waals surface area contributed by atoms with E-state index in [1.54, 1.807) is 0 Å². The predicted molar refractivity (Wildman–Crippen MR) is 88.7 cm³/mol. The van der Waals surface area contributed by atoms with Crippen LogP contribution in [-0.4, -0.2) is 22.4 Å². The van der Waals surface area contributed by atoms with Crippen molar-refractivity contribution < 1.29 is 14.4 Å². The molecule has 4 heteroatoms. The molecule has 0 heterocycles. The molecule has 0 spiro atoms. The molecule has 0 aromatic heterocycles. The second kappa shape index (κ2) is 8.22. The van der Waals surface area contributed by atoms with Crippen LogP contribution in [0.1, 0.15) is 25.8 Å². The molecule has 0 saturated carbocycles. The number of ether oxygens (including phenoxy) is 1. The summed E-state index contributed by atoms with van der Waals surface area (Å²) in [6.45, 7) is 4.05. The van der Waals surface area contributed by atoms with Gasteiger partial charge in [-0.25, -0.2) is 0 Å². The first-order valence-electron chi connectivity index (χ1n) is 7.53. The van der Waals surface area contributed by atoms with E-state index in [1.165, 1.54) is 0 Å². The molecule has 0 aliphatic carbocycles. The minimum absolute atomic E-state index is 0.0747. The zero-order valence-corrected chi connectivity index (χ0v) is 13.8. The quantitative estimate of drug-likeness (QED) is 0.794. The average molecular weight is 318 g/mol. The van der Waals surface area contributed by atoms with Crippen molar-refractivity contribution in [3.05, 3.63) is 54.1 Å². The van der Waals surface area contributed by atoms with E-state index in [1.807, 2.05) is 55.5 Å². The third kappa shape index (κ3) is 4.26. The van der Waals surface area contributed by atoms with Gasteiger partial charge in [-0.1, -0.05) is 31.2 Å². The van der Waals surface area contributed by atoms with E-state index in [-0.39, 0.29) is 12.7 Å². The van der Waals surface area contributed by atoms with Crippen molar-refractivity contribution in [1.29, 1.82) is 0 Å². The highest BCUT2D eigenvalue weighted by Gasteiger charge is 2.22. The van der Waals surface area contributed by atoms with Crippen LogP contribution in [0.2, 0.25) is 0 Å². The van der Waals surface area contributed by atoms with Crippen molar-refractivity contribution in [3.8, 4) is 5.75 Å². The van der Waals surface area contributed by atoms with Crippen LogP contribution in [0, 0.1) is 0 Å². The zero-order chi connectivity index (χ0) is 15.9. The SMILES string of the molecule is CCc1ccc(O[C@@H](C)CCO)c([S+]([O-])c2ccccc2)c1. The number of hydrogen-bond donors (Lipinski definition) is 1. The van der Waals surface area contributed by atoms with E-state index < -0.39 is 11.2 Å². The minimum atomic E-state index is -1.28. The number of aliphatic hydroxyl groups excluding tert-OH is 1. The molecule has 118 valence electrons. The molecule has 0 aliphatic rings. The van der Waals surface area contributed by atoms with Gasteiger partial charge in [0.15, 0.2) is 10.6 Å². The molecule has 1 unspecified atom stereocenters. The summed E-state index contributed by atoms with van der Waals surface area (Å²) in [5, 5.41) is 9.01. The van der Waals surface area contributed by atoms with Gasteiger partial charge >= 0.3 is 0 Å². The van der Waals surface area contributed by atoms with E-state index in [4.69, 9.17) is 9.84 Å². The molecule has 2 rings (SSSR count). The molecule has 0 saturated heterocycles. The summed E-state index contributed by atoms with van der Waals surface area (Å²) < 4.78 is 18.7. The minimum Gasteiger partial charge on any atom is -0.606 e. The van der Waals surface area contributed by atoms with Gasteiger partial charge in [-0.2, -0.15) is 0 Å². The van der Waals surface area contributed by atoms with Crippen molar-refractivity contribution >= 4 is 11.2 Å². The fraction of sp³-hybridized carbons (Fsp3) is 0.333. The van der Waals surface area contributed by atoms with Crippen molar-refractivity contribution in [3.63, 3.8) is 0 Å². The van der Waals surface area contributed by atoms with Crippen LogP contribution in [0.3, 0.4) is 0 Å². The molecule has 2 aromatic rings. The van der Waals surface area contributed by atoms with Gasteiger partial charge in [-0.15, -0.1) is 0 Å². The lowest BCUT2D eigenvalue weighted by Crippen LogP contribution is -2.16. The van der Waals surface area contributed by atoms with Gasteiger partial charge in [0.1, 0.15) is 0 Å². The summed E-state index contributed by atoms with van der Waals surface area (Å²) >= 11 is -1.28. The van der Waals surface area contributed by atoms with Crippen molar-refractivity contribution in [2.75, 3.05) is 6.61 Å². The average Bonchev–Trinajstić information content (AvgIpc) is 2.55. The Kier molecular flexibility index (Phi) is 6.31. The van der Waals surface area contributed by atoms with E-state index in [2.05, 4.69) is 6.92 Å². The Hall–Kier alpha value is -1.49. The zero-order valence-electron chi connectivity index (χ0n) is 13.0. The molecule has 1 N–H and O–H groups in total. The smallest absolute Gasteiger partial charge is 0.200 e. The molecule has 22 heavy (non-hydrogen) atoms. The van der Waals surface area contributed by atoms with Gasteiger partial charge in [0.2, 0.25) is 4.90 Å². The van der Waals surface area contributed by atoms with Crippen LogP contribution in [0.4, 0.5) is 0 Å².